The number of anilines is 3. The highest BCUT2D eigenvalue weighted by atomic mass is 16.3. The zero-order valence-electron chi connectivity index (χ0n) is 36.6. The Morgan fingerprint density at radius 3 is 1.52 bits per heavy atom. The van der Waals surface area contributed by atoms with E-state index in [1.165, 1.54) is 60.4 Å². The average molecular weight is 855 g/mol. The number of nitrogens with zero attached hydrogens (tertiary/aromatic N) is 2. The van der Waals surface area contributed by atoms with E-state index in [1.54, 1.807) is 0 Å². The summed E-state index contributed by atoms with van der Waals surface area (Å²) in [6.07, 6.45) is 0. The van der Waals surface area contributed by atoms with Crippen molar-refractivity contribution in [3.05, 3.63) is 255 Å². The third-order valence-electron chi connectivity index (χ3n) is 13.4. The normalized spacial score (nSPS) is 11.6. The second-order valence-electron chi connectivity index (χ2n) is 17.3. The van der Waals surface area contributed by atoms with Crippen molar-refractivity contribution in [1.82, 2.24) is 4.57 Å². The summed E-state index contributed by atoms with van der Waals surface area (Å²) in [5.74, 6) is 0. The molecule has 11 aromatic carbocycles. The van der Waals surface area contributed by atoms with E-state index in [9.17, 15) is 0 Å². The zero-order chi connectivity index (χ0) is 44.3. The summed E-state index contributed by atoms with van der Waals surface area (Å²) in [6, 6.07) is 91.8. The molecule has 0 fully saturated rings. The zero-order valence-corrected chi connectivity index (χ0v) is 36.6. The monoisotopic (exact) mass is 854 g/mol. The number of hydrogen-bond acceptors (Lipinski definition) is 2. The predicted octanol–water partition coefficient (Wildman–Crippen LogP) is 18.0. The molecule has 0 aliphatic rings. The molecule has 13 aromatic rings. The summed E-state index contributed by atoms with van der Waals surface area (Å²) < 4.78 is 8.89. The van der Waals surface area contributed by atoms with Gasteiger partial charge in [0.15, 0.2) is 0 Å². The second-order valence-corrected chi connectivity index (χ2v) is 17.3. The van der Waals surface area contributed by atoms with Crippen LogP contribution in [0.5, 0.6) is 0 Å². The van der Waals surface area contributed by atoms with Crippen molar-refractivity contribution in [2.24, 2.45) is 0 Å². The van der Waals surface area contributed by atoms with Gasteiger partial charge in [0, 0.05) is 55.7 Å². The molecule has 0 saturated carbocycles. The Balaban J connectivity index is 0.917. The number of para-hydroxylation sites is 2. The summed E-state index contributed by atoms with van der Waals surface area (Å²) in [6.45, 7) is 0. The predicted molar refractivity (Wildman–Crippen MR) is 282 cm³/mol. The molecule has 0 aliphatic heterocycles. The van der Waals surface area contributed by atoms with Gasteiger partial charge in [0.2, 0.25) is 0 Å². The van der Waals surface area contributed by atoms with E-state index in [0.717, 1.165) is 61.4 Å². The maximum absolute atomic E-state index is 6.46. The number of rotatable bonds is 8. The van der Waals surface area contributed by atoms with Crippen LogP contribution in [0.4, 0.5) is 17.1 Å². The highest BCUT2D eigenvalue weighted by Crippen LogP contribution is 2.43. The van der Waals surface area contributed by atoms with E-state index in [-0.39, 0.29) is 0 Å². The fourth-order valence-corrected chi connectivity index (χ4v) is 10.3. The average Bonchev–Trinajstić information content (AvgIpc) is 3.95. The summed E-state index contributed by atoms with van der Waals surface area (Å²) in [5.41, 5.74) is 17.9. The van der Waals surface area contributed by atoms with Crippen LogP contribution in [-0.4, -0.2) is 4.57 Å². The largest absolute Gasteiger partial charge is 0.456 e. The molecule has 0 atom stereocenters. The molecule has 2 aromatic heterocycles. The van der Waals surface area contributed by atoms with Crippen LogP contribution in [-0.2, 0) is 0 Å². The third kappa shape index (κ3) is 6.59. The van der Waals surface area contributed by atoms with Crippen molar-refractivity contribution in [1.29, 1.82) is 0 Å². The molecule has 3 nitrogen and oxygen atoms in total. The quantitative estimate of drug-likeness (QED) is 0.152. The van der Waals surface area contributed by atoms with Gasteiger partial charge in [-0.2, -0.15) is 0 Å². The minimum absolute atomic E-state index is 0.859. The first-order valence-electron chi connectivity index (χ1n) is 22.9. The van der Waals surface area contributed by atoms with E-state index in [2.05, 4.69) is 252 Å². The SMILES string of the molecule is c1ccc(-c2ccccc2-c2ccccc2-c2ccc(N(c3ccc(-c4ccc5c6ccc7ccccc7c6n(-c6ccccc6)c5c4)cc3)c3ccc4c(c3)oc3ccccc34)cc2)cc1. The number of hydrogen-bond donors (Lipinski definition) is 0. The van der Waals surface area contributed by atoms with E-state index in [0.29, 0.717) is 0 Å². The van der Waals surface area contributed by atoms with Gasteiger partial charge in [-0.1, -0.05) is 188 Å². The van der Waals surface area contributed by atoms with Crippen LogP contribution in [0, 0.1) is 0 Å². The summed E-state index contributed by atoms with van der Waals surface area (Å²) in [7, 11) is 0. The Kier molecular flexibility index (Phi) is 9.17. The van der Waals surface area contributed by atoms with Crippen molar-refractivity contribution in [2.75, 3.05) is 4.90 Å². The highest BCUT2D eigenvalue weighted by molar-refractivity contribution is 6.19. The van der Waals surface area contributed by atoms with Crippen molar-refractivity contribution in [3.8, 4) is 50.2 Å². The molecular formula is C64H42N2O. The highest BCUT2D eigenvalue weighted by Gasteiger charge is 2.19. The first-order chi connectivity index (χ1) is 33.2. The first kappa shape index (κ1) is 38.5. The Morgan fingerprint density at radius 1 is 0.299 bits per heavy atom. The number of fused-ring (bicyclic) bond motifs is 8. The molecule has 314 valence electrons. The van der Waals surface area contributed by atoms with Gasteiger partial charge in [-0.05, 0) is 111 Å². The van der Waals surface area contributed by atoms with Crippen LogP contribution < -0.4 is 4.90 Å². The van der Waals surface area contributed by atoms with E-state index in [4.69, 9.17) is 4.42 Å². The van der Waals surface area contributed by atoms with E-state index >= 15 is 0 Å². The molecule has 2 heterocycles. The molecule has 0 bridgehead atoms. The summed E-state index contributed by atoms with van der Waals surface area (Å²) >= 11 is 0. The van der Waals surface area contributed by atoms with Crippen LogP contribution in [0.15, 0.2) is 259 Å². The molecule has 0 radical (unpaired) electrons. The fourth-order valence-electron chi connectivity index (χ4n) is 10.3. The van der Waals surface area contributed by atoms with Crippen LogP contribution >= 0.6 is 0 Å². The molecule has 67 heavy (non-hydrogen) atoms. The van der Waals surface area contributed by atoms with Crippen LogP contribution in [0.1, 0.15) is 0 Å². The van der Waals surface area contributed by atoms with Crippen molar-refractivity contribution < 1.29 is 4.42 Å². The molecule has 0 N–H and O–H groups in total. The topological polar surface area (TPSA) is 21.3 Å². The lowest BCUT2D eigenvalue weighted by atomic mass is 9.89. The van der Waals surface area contributed by atoms with Gasteiger partial charge in [-0.25, -0.2) is 0 Å². The molecule has 0 unspecified atom stereocenters. The van der Waals surface area contributed by atoms with Gasteiger partial charge in [0.25, 0.3) is 0 Å². The van der Waals surface area contributed by atoms with Gasteiger partial charge in [-0.3, -0.25) is 0 Å². The van der Waals surface area contributed by atoms with Gasteiger partial charge >= 0.3 is 0 Å². The molecule has 0 spiro atoms. The maximum Gasteiger partial charge on any atom is 0.137 e. The molecule has 0 aliphatic carbocycles. The fraction of sp³-hybridized carbons (Fsp3) is 0. The van der Waals surface area contributed by atoms with Gasteiger partial charge in [0.05, 0.1) is 11.0 Å². The number of furan rings is 1. The third-order valence-corrected chi connectivity index (χ3v) is 13.4. The van der Waals surface area contributed by atoms with Crippen molar-refractivity contribution >= 4 is 71.6 Å². The lowest BCUT2D eigenvalue weighted by Crippen LogP contribution is -2.09. The van der Waals surface area contributed by atoms with Gasteiger partial charge in [0.1, 0.15) is 11.2 Å². The molecule has 13 rings (SSSR count). The Hall–Kier alpha value is -8.92. The van der Waals surface area contributed by atoms with E-state index in [1.807, 2.05) is 12.1 Å². The van der Waals surface area contributed by atoms with Gasteiger partial charge < -0.3 is 13.9 Å². The molecule has 3 heteroatoms. The standard InChI is InChI=1S/C64H42N2O/c1-3-15-44(16-4-1)52-20-9-11-23-55(52)56-24-12-10-21-53(56)46-29-35-50(36-30-46)65(51-37-40-59-58-25-13-14-26-62(58)67-63(59)42-51)49-33-27-43(28-34-49)47-32-38-57-60-39-31-45-17-7-8-22-54(45)64(60)66(61(57)41-47)48-18-5-2-6-19-48/h1-42H. The molecule has 0 saturated heterocycles. The minimum atomic E-state index is 0.859. The van der Waals surface area contributed by atoms with Crippen molar-refractivity contribution in [2.45, 2.75) is 0 Å². The smallest absolute Gasteiger partial charge is 0.137 e. The summed E-state index contributed by atoms with van der Waals surface area (Å²) in [5, 5.41) is 7.20. The summed E-state index contributed by atoms with van der Waals surface area (Å²) in [4.78, 5) is 2.33. The van der Waals surface area contributed by atoms with Crippen LogP contribution in [0.2, 0.25) is 0 Å². The first-order valence-corrected chi connectivity index (χ1v) is 22.9. The number of aromatic nitrogens is 1. The van der Waals surface area contributed by atoms with Gasteiger partial charge in [-0.15, -0.1) is 0 Å². The maximum atomic E-state index is 6.46. The Morgan fingerprint density at radius 2 is 0.806 bits per heavy atom. The number of benzene rings is 11. The molecular weight excluding hydrogens is 813 g/mol. The Labute approximate surface area is 388 Å². The van der Waals surface area contributed by atoms with Crippen LogP contribution in [0.3, 0.4) is 0 Å². The molecule has 0 amide bonds. The Bertz CT molecular complexity index is 3960. The van der Waals surface area contributed by atoms with Crippen LogP contribution in [0.25, 0.3) is 105 Å². The lowest BCUT2D eigenvalue weighted by Gasteiger charge is -2.26. The minimum Gasteiger partial charge on any atom is -0.456 e. The van der Waals surface area contributed by atoms with E-state index < -0.39 is 0 Å². The second kappa shape index (κ2) is 16.0. The lowest BCUT2D eigenvalue weighted by molar-refractivity contribution is 0.669. The van der Waals surface area contributed by atoms with Crippen molar-refractivity contribution in [3.63, 3.8) is 0 Å².